The minimum absolute atomic E-state index is 0.416. The Hall–Kier alpha value is -1.85. The summed E-state index contributed by atoms with van der Waals surface area (Å²) in [7, 11) is 0. The SMILES string of the molecule is [O-][S+](Cc1ccccn1)c1nc2cccc3c2n1CCC3. The van der Waals surface area contributed by atoms with E-state index in [2.05, 4.69) is 20.6 Å². The largest absolute Gasteiger partial charge is 0.609 e. The van der Waals surface area contributed by atoms with Gasteiger partial charge >= 0.3 is 5.16 Å². The van der Waals surface area contributed by atoms with E-state index in [-0.39, 0.29) is 0 Å². The summed E-state index contributed by atoms with van der Waals surface area (Å²) in [5.74, 6) is 0.416. The highest BCUT2D eigenvalue weighted by molar-refractivity contribution is 7.90. The van der Waals surface area contributed by atoms with Crippen LogP contribution in [0.3, 0.4) is 0 Å². The van der Waals surface area contributed by atoms with Crippen molar-refractivity contribution in [1.82, 2.24) is 14.5 Å². The zero-order valence-electron chi connectivity index (χ0n) is 11.5. The van der Waals surface area contributed by atoms with E-state index < -0.39 is 11.2 Å². The molecule has 0 saturated carbocycles. The summed E-state index contributed by atoms with van der Waals surface area (Å²) in [6, 6.07) is 11.9. The molecule has 1 aromatic carbocycles. The molecule has 1 aliphatic rings. The van der Waals surface area contributed by atoms with Gasteiger partial charge in [-0.25, -0.2) is 0 Å². The number of aromatic nitrogens is 3. The van der Waals surface area contributed by atoms with Crippen molar-refractivity contribution in [3.8, 4) is 0 Å². The molecule has 4 nitrogen and oxygen atoms in total. The first-order valence-electron chi connectivity index (χ1n) is 7.09. The Morgan fingerprint density at radius 1 is 1.19 bits per heavy atom. The van der Waals surface area contributed by atoms with Gasteiger partial charge in [-0.05, 0) is 36.6 Å². The van der Waals surface area contributed by atoms with Crippen molar-refractivity contribution >= 4 is 22.2 Å². The lowest BCUT2D eigenvalue weighted by atomic mass is 10.1. The minimum atomic E-state index is -1.16. The van der Waals surface area contributed by atoms with Crippen LogP contribution in [0.1, 0.15) is 17.7 Å². The van der Waals surface area contributed by atoms with E-state index in [0.29, 0.717) is 10.9 Å². The Labute approximate surface area is 126 Å². The Morgan fingerprint density at radius 2 is 2.14 bits per heavy atom. The normalized spacial score (nSPS) is 15.3. The van der Waals surface area contributed by atoms with Gasteiger partial charge in [-0.15, -0.1) is 0 Å². The van der Waals surface area contributed by atoms with Gasteiger partial charge in [0.15, 0.2) is 5.75 Å². The molecule has 1 atom stereocenters. The Morgan fingerprint density at radius 3 is 3.00 bits per heavy atom. The van der Waals surface area contributed by atoms with E-state index in [4.69, 9.17) is 0 Å². The fourth-order valence-corrected chi connectivity index (χ4v) is 4.13. The predicted octanol–water partition coefficient (Wildman–Crippen LogP) is 2.69. The summed E-state index contributed by atoms with van der Waals surface area (Å²) in [6.07, 6.45) is 3.89. The molecule has 1 aliphatic heterocycles. The lowest BCUT2D eigenvalue weighted by molar-refractivity contribution is 0.545. The first-order chi connectivity index (χ1) is 10.3. The smallest absolute Gasteiger partial charge is 0.324 e. The first-order valence-corrected chi connectivity index (χ1v) is 8.41. The van der Waals surface area contributed by atoms with Crippen molar-refractivity contribution in [1.29, 1.82) is 0 Å². The third-order valence-electron chi connectivity index (χ3n) is 3.85. The second-order valence-electron chi connectivity index (χ2n) is 5.25. The summed E-state index contributed by atoms with van der Waals surface area (Å²) < 4.78 is 14.8. The number of para-hydroxylation sites is 1. The van der Waals surface area contributed by atoms with Crippen LogP contribution in [0.5, 0.6) is 0 Å². The molecule has 0 saturated heterocycles. The molecule has 0 N–H and O–H groups in total. The highest BCUT2D eigenvalue weighted by Gasteiger charge is 2.25. The van der Waals surface area contributed by atoms with Gasteiger partial charge in [-0.2, -0.15) is 4.98 Å². The number of rotatable bonds is 3. The van der Waals surface area contributed by atoms with Crippen molar-refractivity contribution in [3.63, 3.8) is 0 Å². The molecule has 0 aliphatic carbocycles. The zero-order chi connectivity index (χ0) is 14.2. The monoisotopic (exact) mass is 297 g/mol. The summed E-state index contributed by atoms with van der Waals surface area (Å²) in [5, 5.41) is 0.683. The van der Waals surface area contributed by atoms with E-state index in [1.54, 1.807) is 6.20 Å². The molecule has 3 aromatic rings. The molecular formula is C16H15N3OS. The number of hydrogen-bond acceptors (Lipinski definition) is 3. The lowest BCUT2D eigenvalue weighted by Gasteiger charge is -2.16. The van der Waals surface area contributed by atoms with Gasteiger partial charge in [0.25, 0.3) is 0 Å². The minimum Gasteiger partial charge on any atom is -0.609 e. The molecule has 4 rings (SSSR count). The van der Waals surface area contributed by atoms with E-state index in [0.717, 1.165) is 36.1 Å². The number of nitrogens with zero attached hydrogens (tertiary/aromatic N) is 3. The van der Waals surface area contributed by atoms with Gasteiger partial charge in [0.05, 0.1) is 16.7 Å². The molecule has 3 heterocycles. The van der Waals surface area contributed by atoms with Gasteiger partial charge in [0, 0.05) is 23.9 Å². The number of aryl methyl sites for hydroxylation is 2. The van der Waals surface area contributed by atoms with Crippen LogP contribution in [-0.4, -0.2) is 19.1 Å². The molecule has 0 bridgehead atoms. The maximum Gasteiger partial charge on any atom is 0.324 e. The maximum absolute atomic E-state index is 12.7. The van der Waals surface area contributed by atoms with Crippen LogP contribution in [0.2, 0.25) is 0 Å². The fraction of sp³-hybridized carbons (Fsp3) is 0.250. The van der Waals surface area contributed by atoms with Crippen molar-refractivity contribution in [2.45, 2.75) is 30.3 Å². The van der Waals surface area contributed by atoms with Gasteiger partial charge in [0.1, 0.15) is 0 Å². The maximum atomic E-state index is 12.7. The van der Waals surface area contributed by atoms with E-state index in [1.807, 2.05) is 30.3 Å². The number of imidazole rings is 1. The molecule has 2 aromatic heterocycles. The number of benzene rings is 1. The lowest BCUT2D eigenvalue weighted by Crippen LogP contribution is -2.16. The Bertz CT molecular complexity index is 785. The van der Waals surface area contributed by atoms with E-state index in [9.17, 15) is 4.55 Å². The summed E-state index contributed by atoms with van der Waals surface area (Å²) in [4.78, 5) is 8.87. The second-order valence-corrected chi connectivity index (χ2v) is 6.59. The zero-order valence-corrected chi connectivity index (χ0v) is 12.3. The van der Waals surface area contributed by atoms with Crippen molar-refractivity contribution < 1.29 is 4.55 Å². The average Bonchev–Trinajstić information content (AvgIpc) is 2.90. The van der Waals surface area contributed by atoms with Gasteiger partial charge < -0.3 is 4.55 Å². The molecule has 0 radical (unpaired) electrons. The third kappa shape index (κ3) is 2.22. The van der Waals surface area contributed by atoms with Crippen molar-refractivity contribution in [3.05, 3.63) is 53.9 Å². The quantitative estimate of drug-likeness (QED) is 0.698. The van der Waals surface area contributed by atoms with Gasteiger partial charge in [-0.3, -0.25) is 9.55 Å². The summed E-state index contributed by atoms with van der Waals surface area (Å²) in [5.41, 5.74) is 4.27. The molecule has 1 unspecified atom stereocenters. The van der Waals surface area contributed by atoms with Crippen LogP contribution in [0, 0.1) is 0 Å². The molecule has 0 fully saturated rings. The third-order valence-corrected chi connectivity index (χ3v) is 5.13. The number of hydrogen-bond donors (Lipinski definition) is 0. The Kier molecular flexibility index (Phi) is 3.16. The summed E-state index contributed by atoms with van der Waals surface area (Å²) in [6.45, 7) is 0.900. The molecular weight excluding hydrogens is 282 g/mol. The molecule has 106 valence electrons. The second kappa shape index (κ2) is 5.16. The van der Waals surface area contributed by atoms with Crippen LogP contribution in [0.4, 0.5) is 0 Å². The molecule has 5 heteroatoms. The summed E-state index contributed by atoms with van der Waals surface area (Å²) >= 11 is -1.16. The van der Waals surface area contributed by atoms with E-state index in [1.165, 1.54) is 5.56 Å². The predicted molar refractivity (Wildman–Crippen MR) is 82.4 cm³/mol. The molecule has 21 heavy (non-hydrogen) atoms. The van der Waals surface area contributed by atoms with Gasteiger partial charge in [-0.1, -0.05) is 18.2 Å². The molecule has 0 spiro atoms. The van der Waals surface area contributed by atoms with Crippen LogP contribution in [-0.2, 0) is 29.9 Å². The molecule has 0 amide bonds. The van der Waals surface area contributed by atoms with Crippen molar-refractivity contribution in [2.24, 2.45) is 0 Å². The highest BCUT2D eigenvalue weighted by atomic mass is 32.2. The van der Waals surface area contributed by atoms with Crippen LogP contribution < -0.4 is 0 Å². The average molecular weight is 297 g/mol. The van der Waals surface area contributed by atoms with Crippen LogP contribution >= 0.6 is 0 Å². The highest BCUT2D eigenvalue weighted by Crippen LogP contribution is 2.29. The van der Waals surface area contributed by atoms with E-state index >= 15 is 0 Å². The van der Waals surface area contributed by atoms with Gasteiger partial charge in [0.2, 0.25) is 0 Å². The van der Waals surface area contributed by atoms with Crippen LogP contribution in [0.15, 0.2) is 47.8 Å². The van der Waals surface area contributed by atoms with Crippen molar-refractivity contribution in [2.75, 3.05) is 0 Å². The Balaban J connectivity index is 1.75. The fourth-order valence-electron chi connectivity index (χ4n) is 2.93. The first kappa shape index (κ1) is 12.9. The standard InChI is InChI=1S/C16H15N3OS/c20-21(11-13-7-1-2-9-17-13)16-18-14-8-3-5-12-6-4-10-19(16)15(12)14/h1-3,5,7-9H,4,6,10-11H2. The number of pyridine rings is 1. The topological polar surface area (TPSA) is 53.8 Å². The van der Waals surface area contributed by atoms with Crippen LogP contribution in [0.25, 0.3) is 11.0 Å².